The smallest absolute Gasteiger partial charge is 0.174 e. The van der Waals surface area contributed by atoms with Crippen molar-refractivity contribution in [3.8, 4) is 5.75 Å². The first kappa shape index (κ1) is 21.6. The molecule has 6 nitrogen and oxygen atoms in total. The van der Waals surface area contributed by atoms with Gasteiger partial charge < -0.3 is 24.3 Å². The number of halogens is 1. The third-order valence-corrected chi connectivity index (χ3v) is 5.96. The number of hydrogen-bond donors (Lipinski definition) is 1. The maximum atomic E-state index is 6.55. The van der Waals surface area contributed by atoms with Crippen LogP contribution in [0.5, 0.6) is 5.75 Å². The van der Waals surface area contributed by atoms with E-state index in [4.69, 9.17) is 33.3 Å². The molecule has 0 spiro atoms. The van der Waals surface area contributed by atoms with Gasteiger partial charge in [0.2, 0.25) is 0 Å². The topological polar surface area (TPSA) is 51.6 Å². The maximum absolute atomic E-state index is 6.55. The van der Waals surface area contributed by atoms with Crippen LogP contribution in [0.15, 0.2) is 60.9 Å². The number of aryl methyl sites for hydroxylation is 1. The molecule has 0 bridgehead atoms. The highest BCUT2D eigenvalue weighted by atomic mass is 35.5. The molecule has 0 amide bonds. The zero-order valence-electron chi connectivity index (χ0n) is 17.5. The third kappa shape index (κ3) is 4.39. The molecular formula is C23H25ClN4O2S. The molecule has 3 aromatic rings. The van der Waals surface area contributed by atoms with Gasteiger partial charge >= 0.3 is 0 Å². The van der Waals surface area contributed by atoms with E-state index in [9.17, 15) is 0 Å². The van der Waals surface area contributed by atoms with Crippen LogP contribution in [-0.2, 0) is 11.3 Å². The van der Waals surface area contributed by atoms with E-state index in [1.54, 1.807) is 7.11 Å². The van der Waals surface area contributed by atoms with Gasteiger partial charge in [-0.15, -0.1) is 0 Å². The van der Waals surface area contributed by atoms with Crippen molar-refractivity contribution in [3.05, 3.63) is 77.3 Å². The summed E-state index contributed by atoms with van der Waals surface area (Å²) < 4.78 is 13.0. The number of benzene rings is 1. The molecule has 162 valence electrons. The predicted octanol–water partition coefficient (Wildman–Crippen LogP) is 4.76. The van der Waals surface area contributed by atoms with Crippen LogP contribution in [0.1, 0.15) is 30.4 Å². The van der Waals surface area contributed by atoms with Crippen LogP contribution in [0, 0.1) is 0 Å². The number of pyridine rings is 1. The minimum absolute atomic E-state index is 0.0753. The third-order valence-electron chi connectivity index (χ3n) is 5.35. The number of rotatable bonds is 8. The van der Waals surface area contributed by atoms with Crippen molar-refractivity contribution >= 4 is 34.6 Å². The number of ether oxygens (including phenoxy) is 2. The van der Waals surface area contributed by atoms with E-state index in [1.165, 1.54) is 0 Å². The van der Waals surface area contributed by atoms with Crippen molar-refractivity contribution < 1.29 is 9.47 Å². The van der Waals surface area contributed by atoms with Gasteiger partial charge in [-0.2, -0.15) is 0 Å². The van der Waals surface area contributed by atoms with Crippen molar-refractivity contribution in [1.29, 1.82) is 0 Å². The summed E-state index contributed by atoms with van der Waals surface area (Å²) in [5.74, 6) is 0.621. The summed E-state index contributed by atoms with van der Waals surface area (Å²) in [5.41, 5.74) is 2.99. The standard InChI is InChI=1S/C23H25ClN4O2S/c1-3-27-12-6-8-19(27)22-21(18-7-4-5-11-25-18)26-23(31)28(22)16-9-10-20(17(24)15-16)30-14-13-29-2/h4-12,15,21-22H,3,13-14H2,1-2H3,(H,26,31)/t21-,22+/m1/s1. The van der Waals surface area contributed by atoms with Gasteiger partial charge in [0.1, 0.15) is 18.4 Å². The summed E-state index contributed by atoms with van der Waals surface area (Å²) in [6, 6.07) is 15.7. The zero-order valence-corrected chi connectivity index (χ0v) is 19.1. The molecule has 0 saturated carbocycles. The molecule has 2 aromatic heterocycles. The number of hydrogen-bond acceptors (Lipinski definition) is 4. The summed E-state index contributed by atoms with van der Waals surface area (Å²) in [7, 11) is 1.64. The molecule has 1 saturated heterocycles. The van der Waals surface area contributed by atoms with Gasteiger partial charge in [-0.3, -0.25) is 4.98 Å². The molecule has 0 aliphatic carbocycles. The van der Waals surface area contributed by atoms with Gasteiger partial charge in [-0.05, 0) is 61.6 Å². The van der Waals surface area contributed by atoms with Gasteiger partial charge in [0.15, 0.2) is 5.11 Å². The largest absolute Gasteiger partial charge is 0.490 e. The quantitative estimate of drug-likeness (QED) is 0.389. The lowest BCUT2D eigenvalue weighted by atomic mass is 10.0. The van der Waals surface area contributed by atoms with Crippen LogP contribution in [0.25, 0.3) is 0 Å². The van der Waals surface area contributed by atoms with E-state index in [0.29, 0.717) is 29.1 Å². The van der Waals surface area contributed by atoms with Gasteiger partial charge in [0.05, 0.1) is 23.4 Å². The highest BCUT2D eigenvalue weighted by molar-refractivity contribution is 7.80. The lowest BCUT2D eigenvalue weighted by Crippen LogP contribution is -2.30. The van der Waals surface area contributed by atoms with Crippen LogP contribution >= 0.6 is 23.8 Å². The van der Waals surface area contributed by atoms with Gasteiger partial charge in [-0.25, -0.2) is 0 Å². The second-order valence-corrected chi connectivity index (χ2v) is 7.97. The molecule has 2 atom stereocenters. The summed E-state index contributed by atoms with van der Waals surface area (Å²) >= 11 is 12.3. The van der Waals surface area contributed by atoms with Crippen LogP contribution in [0.2, 0.25) is 5.02 Å². The van der Waals surface area contributed by atoms with Gasteiger partial charge in [0, 0.05) is 37.4 Å². The Kier molecular flexibility index (Phi) is 6.75. The average Bonchev–Trinajstić information content (AvgIpc) is 3.39. The van der Waals surface area contributed by atoms with Crippen LogP contribution in [0.3, 0.4) is 0 Å². The van der Waals surface area contributed by atoms with E-state index in [2.05, 4.69) is 45.0 Å². The van der Waals surface area contributed by atoms with Gasteiger partial charge in [-0.1, -0.05) is 17.7 Å². The molecule has 8 heteroatoms. The Labute approximate surface area is 192 Å². The lowest BCUT2D eigenvalue weighted by Gasteiger charge is -2.29. The Morgan fingerprint density at radius 3 is 2.74 bits per heavy atom. The molecule has 1 aliphatic rings. The highest BCUT2D eigenvalue weighted by Crippen LogP contribution is 2.43. The van der Waals surface area contributed by atoms with E-state index in [-0.39, 0.29) is 12.1 Å². The van der Waals surface area contributed by atoms with Crippen molar-refractivity contribution in [2.75, 3.05) is 25.2 Å². The van der Waals surface area contributed by atoms with Crippen molar-refractivity contribution in [1.82, 2.24) is 14.9 Å². The monoisotopic (exact) mass is 456 g/mol. The Morgan fingerprint density at radius 2 is 2.03 bits per heavy atom. The Balaban J connectivity index is 1.73. The minimum atomic E-state index is -0.0923. The zero-order chi connectivity index (χ0) is 21.8. The minimum Gasteiger partial charge on any atom is -0.490 e. The summed E-state index contributed by atoms with van der Waals surface area (Å²) in [6.45, 7) is 3.93. The van der Waals surface area contributed by atoms with E-state index in [0.717, 1.165) is 23.6 Å². The first-order chi connectivity index (χ1) is 15.1. The number of anilines is 1. The molecule has 0 unspecified atom stereocenters. The average molecular weight is 457 g/mol. The fourth-order valence-electron chi connectivity index (χ4n) is 3.91. The number of thiocarbonyl (C=S) groups is 1. The second-order valence-electron chi connectivity index (χ2n) is 7.17. The van der Waals surface area contributed by atoms with E-state index < -0.39 is 0 Å². The molecule has 1 aliphatic heterocycles. The van der Waals surface area contributed by atoms with Crippen LogP contribution in [0.4, 0.5) is 5.69 Å². The number of aromatic nitrogens is 2. The molecule has 4 rings (SSSR count). The fourth-order valence-corrected chi connectivity index (χ4v) is 4.48. The fraction of sp³-hybridized carbons (Fsp3) is 0.304. The normalized spacial score (nSPS) is 18.3. The molecule has 1 fully saturated rings. The molecule has 0 radical (unpaired) electrons. The Bertz CT molecular complexity index is 1040. The van der Waals surface area contributed by atoms with E-state index >= 15 is 0 Å². The molecular weight excluding hydrogens is 432 g/mol. The summed E-state index contributed by atoms with van der Waals surface area (Å²) in [6.07, 6.45) is 3.89. The molecule has 1 N–H and O–H groups in total. The molecule has 31 heavy (non-hydrogen) atoms. The van der Waals surface area contributed by atoms with Crippen LogP contribution in [-0.4, -0.2) is 35.0 Å². The summed E-state index contributed by atoms with van der Waals surface area (Å²) in [5, 5.41) is 4.64. The Morgan fingerprint density at radius 1 is 1.16 bits per heavy atom. The van der Waals surface area contributed by atoms with Crippen molar-refractivity contribution in [3.63, 3.8) is 0 Å². The van der Waals surface area contributed by atoms with E-state index in [1.807, 2.05) is 42.6 Å². The highest BCUT2D eigenvalue weighted by Gasteiger charge is 2.42. The first-order valence-corrected chi connectivity index (χ1v) is 11.0. The SMILES string of the molecule is CCn1cccc1[C@H]1[C@@H](c2ccccn2)NC(=S)N1c1ccc(OCCOC)c(Cl)c1. The maximum Gasteiger partial charge on any atom is 0.174 e. The molecule has 1 aromatic carbocycles. The molecule has 3 heterocycles. The van der Waals surface area contributed by atoms with Crippen LogP contribution < -0.4 is 15.0 Å². The van der Waals surface area contributed by atoms with Crippen molar-refractivity contribution in [2.45, 2.75) is 25.6 Å². The number of nitrogens with zero attached hydrogens (tertiary/aromatic N) is 3. The van der Waals surface area contributed by atoms with Gasteiger partial charge in [0.25, 0.3) is 0 Å². The van der Waals surface area contributed by atoms with Crippen molar-refractivity contribution in [2.24, 2.45) is 0 Å². The first-order valence-electron chi connectivity index (χ1n) is 10.2. The Hall–Kier alpha value is -2.61. The lowest BCUT2D eigenvalue weighted by molar-refractivity contribution is 0.146. The number of nitrogens with one attached hydrogen (secondary N) is 1. The predicted molar refractivity (Wildman–Crippen MR) is 127 cm³/mol. The second kappa shape index (κ2) is 9.68. The number of methoxy groups -OCH3 is 1. The summed E-state index contributed by atoms with van der Waals surface area (Å²) in [4.78, 5) is 6.71.